The average Bonchev–Trinajstić information content (AvgIpc) is 2.91. The van der Waals surface area contributed by atoms with E-state index < -0.39 is 0 Å². The number of hydrogen-bond donors (Lipinski definition) is 2. The van der Waals surface area contributed by atoms with Crippen LogP contribution in [0.3, 0.4) is 0 Å². The Bertz CT molecular complexity index is 865. The van der Waals surface area contributed by atoms with Crippen molar-refractivity contribution >= 4 is 27.4 Å². The Labute approximate surface area is 149 Å². The molecule has 0 spiro atoms. The second kappa shape index (κ2) is 7.86. The molecular formula is C18H20FN3O2S. The van der Waals surface area contributed by atoms with Crippen molar-refractivity contribution in [3.63, 3.8) is 0 Å². The van der Waals surface area contributed by atoms with E-state index in [4.69, 9.17) is 9.84 Å². The third-order valence-electron chi connectivity index (χ3n) is 3.75. The van der Waals surface area contributed by atoms with Crippen LogP contribution in [0, 0.1) is 19.7 Å². The number of benzene rings is 1. The maximum atomic E-state index is 13.3. The second-order valence-corrected chi connectivity index (χ2v) is 6.81. The molecule has 0 aliphatic carbocycles. The quantitative estimate of drug-likeness (QED) is 0.630. The van der Waals surface area contributed by atoms with Gasteiger partial charge >= 0.3 is 0 Å². The van der Waals surface area contributed by atoms with Gasteiger partial charge in [0.1, 0.15) is 22.3 Å². The van der Waals surface area contributed by atoms with Crippen LogP contribution in [0.15, 0.2) is 24.3 Å². The molecule has 0 saturated carbocycles. The van der Waals surface area contributed by atoms with E-state index in [0.717, 1.165) is 32.0 Å². The van der Waals surface area contributed by atoms with E-state index in [-0.39, 0.29) is 12.4 Å². The summed E-state index contributed by atoms with van der Waals surface area (Å²) in [7, 11) is 0. The van der Waals surface area contributed by atoms with Gasteiger partial charge in [0.2, 0.25) is 0 Å². The van der Waals surface area contributed by atoms with E-state index in [0.29, 0.717) is 25.6 Å². The van der Waals surface area contributed by atoms with Crippen LogP contribution in [0.2, 0.25) is 0 Å². The fourth-order valence-corrected chi connectivity index (χ4v) is 3.81. The minimum atomic E-state index is -0.257. The Morgan fingerprint density at radius 3 is 2.64 bits per heavy atom. The van der Waals surface area contributed by atoms with E-state index in [9.17, 15) is 4.39 Å². The maximum absolute atomic E-state index is 13.3. The van der Waals surface area contributed by atoms with Gasteiger partial charge in [-0.3, -0.25) is 0 Å². The van der Waals surface area contributed by atoms with Gasteiger partial charge in [0.25, 0.3) is 0 Å². The van der Waals surface area contributed by atoms with Crippen LogP contribution in [-0.4, -0.2) is 41.4 Å². The minimum Gasteiger partial charge on any atom is -0.394 e. The number of aryl methyl sites for hydroxylation is 2. The largest absolute Gasteiger partial charge is 0.394 e. The molecule has 0 bridgehead atoms. The fraction of sp³-hybridized carbons (Fsp3) is 0.333. The van der Waals surface area contributed by atoms with Crippen molar-refractivity contribution in [3.8, 4) is 11.1 Å². The molecule has 7 heteroatoms. The normalized spacial score (nSPS) is 11.2. The summed E-state index contributed by atoms with van der Waals surface area (Å²) in [5.74, 6) is 1.18. The number of thiophene rings is 1. The monoisotopic (exact) mass is 361 g/mol. The molecule has 1 aromatic carbocycles. The van der Waals surface area contributed by atoms with Crippen molar-refractivity contribution in [2.45, 2.75) is 13.8 Å². The number of nitrogens with zero attached hydrogens (tertiary/aromatic N) is 2. The molecular weight excluding hydrogens is 341 g/mol. The first-order valence-corrected chi connectivity index (χ1v) is 8.88. The number of aliphatic hydroxyl groups is 1. The zero-order valence-corrected chi connectivity index (χ0v) is 15.0. The summed E-state index contributed by atoms with van der Waals surface area (Å²) in [6.45, 7) is 5.27. The summed E-state index contributed by atoms with van der Waals surface area (Å²) in [5, 5.41) is 13.0. The minimum absolute atomic E-state index is 0.00923. The number of ether oxygens (including phenoxy) is 1. The molecule has 0 radical (unpaired) electrons. The highest BCUT2D eigenvalue weighted by Gasteiger charge is 2.17. The molecule has 0 unspecified atom stereocenters. The number of fused-ring (bicyclic) bond motifs is 1. The zero-order valence-electron chi connectivity index (χ0n) is 14.2. The third-order valence-corrected chi connectivity index (χ3v) is 4.75. The standard InChI is InChI=1S/C18H20FN3O2S/c1-11-15(13-3-5-14(19)6-4-13)16-17(20-7-9-24-10-8-23)21-12(2)22-18(16)25-11/h3-6,23H,7-10H2,1-2H3,(H,20,21,22). The molecule has 2 heterocycles. The fourth-order valence-electron chi connectivity index (χ4n) is 2.72. The smallest absolute Gasteiger partial charge is 0.139 e. The Hall–Kier alpha value is -2.09. The summed E-state index contributed by atoms with van der Waals surface area (Å²) < 4.78 is 18.6. The Morgan fingerprint density at radius 2 is 1.92 bits per heavy atom. The van der Waals surface area contributed by atoms with Crippen LogP contribution >= 0.6 is 11.3 Å². The highest BCUT2D eigenvalue weighted by Crippen LogP contribution is 2.40. The Morgan fingerprint density at radius 1 is 1.16 bits per heavy atom. The van der Waals surface area contributed by atoms with E-state index in [1.165, 1.54) is 12.1 Å². The van der Waals surface area contributed by atoms with Gasteiger partial charge in [0.05, 0.1) is 25.2 Å². The van der Waals surface area contributed by atoms with Gasteiger partial charge in [0, 0.05) is 17.0 Å². The van der Waals surface area contributed by atoms with Gasteiger partial charge in [-0.05, 0) is 31.5 Å². The molecule has 3 rings (SSSR count). The first-order valence-electron chi connectivity index (χ1n) is 8.06. The predicted molar refractivity (Wildman–Crippen MR) is 98.7 cm³/mol. The molecule has 2 aromatic heterocycles. The number of aliphatic hydroxyl groups excluding tert-OH is 1. The lowest BCUT2D eigenvalue weighted by atomic mass is 10.0. The van der Waals surface area contributed by atoms with Gasteiger partial charge in [-0.15, -0.1) is 11.3 Å². The van der Waals surface area contributed by atoms with Crippen molar-refractivity contribution < 1.29 is 14.2 Å². The van der Waals surface area contributed by atoms with Crippen LogP contribution in [-0.2, 0) is 4.74 Å². The summed E-state index contributed by atoms with van der Waals surface area (Å²) in [6, 6.07) is 6.47. The molecule has 0 aliphatic heterocycles. The van der Waals surface area contributed by atoms with Crippen LogP contribution in [0.25, 0.3) is 21.3 Å². The molecule has 0 atom stereocenters. The van der Waals surface area contributed by atoms with Gasteiger partial charge in [0.15, 0.2) is 0 Å². The first kappa shape index (κ1) is 17.7. The van der Waals surface area contributed by atoms with Gasteiger partial charge in [-0.1, -0.05) is 12.1 Å². The Balaban J connectivity index is 1.99. The lowest BCUT2D eigenvalue weighted by Gasteiger charge is -2.10. The zero-order chi connectivity index (χ0) is 17.8. The molecule has 25 heavy (non-hydrogen) atoms. The van der Waals surface area contributed by atoms with E-state index in [2.05, 4.69) is 15.3 Å². The molecule has 132 valence electrons. The maximum Gasteiger partial charge on any atom is 0.139 e. The lowest BCUT2D eigenvalue weighted by molar-refractivity contribution is 0.0992. The highest BCUT2D eigenvalue weighted by atomic mass is 32.1. The number of hydrogen-bond acceptors (Lipinski definition) is 6. The van der Waals surface area contributed by atoms with Crippen LogP contribution in [0.4, 0.5) is 10.2 Å². The average molecular weight is 361 g/mol. The van der Waals surface area contributed by atoms with Crippen LogP contribution in [0.1, 0.15) is 10.7 Å². The van der Waals surface area contributed by atoms with Gasteiger partial charge in [-0.2, -0.15) is 0 Å². The van der Waals surface area contributed by atoms with Crippen molar-refractivity contribution in [2.24, 2.45) is 0 Å². The molecule has 3 aromatic rings. The first-order chi connectivity index (χ1) is 12.1. The number of halogens is 1. The molecule has 5 nitrogen and oxygen atoms in total. The van der Waals surface area contributed by atoms with Crippen LogP contribution < -0.4 is 5.32 Å². The van der Waals surface area contributed by atoms with E-state index in [1.54, 1.807) is 23.5 Å². The number of aromatic nitrogens is 2. The highest BCUT2D eigenvalue weighted by molar-refractivity contribution is 7.19. The number of anilines is 1. The summed E-state index contributed by atoms with van der Waals surface area (Å²) >= 11 is 1.60. The van der Waals surface area contributed by atoms with Crippen molar-refractivity contribution in [1.29, 1.82) is 0 Å². The summed E-state index contributed by atoms with van der Waals surface area (Å²) in [5.41, 5.74) is 1.97. The molecule has 0 saturated heterocycles. The van der Waals surface area contributed by atoms with Crippen LogP contribution in [0.5, 0.6) is 0 Å². The van der Waals surface area contributed by atoms with Gasteiger partial charge in [-0.25, -0.2) is 14.4 Å². The second-order valence-electron chi connectivity index (χ2n) is 5.60. The number of rotatable bonds is 7. The molecule has 0 aliphatic rings. The van der Waals surface area contributed by atoms with Crippen molar-refractivity contribution in [1.82, 2.24) is 9.97 Å². The molecule has 0 fully saturated rings. The van der Waals surface area contributed by atoms with Gasteiger partial charge < -0.3 is 15.2 Å². The SMILES string of the molecule is Cc1nc(NCCOCCO)c2c(-c3ccc(F)cc3)c(C)sc2n1. The van der Waals surface area contributed by atoms with E-state index in [1.807, 2.05) is 13.8 Å². The number of nitrogens with one attached hydrogen (secondary N) is 1. The van der Waals surface area contributed by atoms with Crippen molar-refractivity contribution in [3.05, 3.63) is 40.8 Å². The third kappa shape index (κ3) is 3.95. The predicted octanol–water partition coefficient (Wildman–Crippen LogP) is 3.54. The molecule has 2 N–H and O–H groups in total. The Kier molecular flexibility index (Phi) is 5.57. The lowest BCUT2D eigenvalue weighted by Crippen LogP contribution is -2.13. The summed E-state index contributed by atoms with van der Waals surface area (Å²) in [6.07, 6.45) is 0. The summed E-state index contributed by atoms with van der Waals surface area (Å²) in [4.78, 5) is 11.1. The topological polar surface area (TPSA) is 67.3 Å². The van der Waals surface area contributed by atoms with E-state index >= 15 is 0 Å². The molecule has 0 amide bonds. The van der Waals surface area contributed by atoms with Crippen molar-refractivity contribution in [2.75, 3.05) is 31.7 Å².